The van der Waals surface area contributed by atoms with Crippen molar-refractivity contribution < 1.29 is 4.79 Å². The molecule has 2 N–H and O–H groups in total. The van der Waals surface area contributed by atoms with Gasteiger partial charge in [0.25, 0.3) is 5.91 Å². The van der Waals surface area contributed by atoms with Crippen LogP contribution >= 0.6 is 0 Å². The summed E-state index contributed by atoms with van der Waals surface area (Å²) in [5, 5.41) is 6.45. The first-order valence-corrected chi connectivity index (χ1v) is 8.00. The van der Waals surface area contributed by atoms with Gasteiger partial charge in [0.2, 0.25) is 0 Å². The predicted octanol–water partition coefficient (Wildman–Crippen LogP) is 2.32. The molecule has 2 saturated carbocycles. The molecule has 0 bridgehead atoms. The van der Waals surface area contributed by atoms with Gasteiger partial charge in [0.1, 0.15) is 5.54 Å². The highest BCUT2D eigenvalue weighted by atomic mass is 16.2. The monoisotopic (exact) mass is 283 g/mol. The van der Waals surface area contributed by atoms with Gasteiger partial charge in [-0.1, -0.05) is 43.2 Å². The van der Waals surface area contributed by atoms with E-state index in [4.69, 9.17) is 0 Å². The van der Waals surface area contributed by atoms with E-state index >= 15 is 0 Å². The lowest BCUT2D eigenvalue weighted by molar-refractivity contribution is -0.125. The highest BCUT2D eigenvalue weighted by molar-refractivity contribution is 6.09. The summed E-state index contributed by atoms with van der Waals surface area (Å²) in [5.41, 5.74) is 0.764. The number of hydrogen-bond acceptors (Lipinski definition) is 2. The highest BCUT2D eigenvalue weighted by Gasteiger charge is 2.52. The van der Waals surface area contributed by atoms with Crippen molar-refractivity contribution in [1.29, 1.82) is 0 Å². The van der Waals surface area contributed by atoms with Crippen molar-refractivity contribution in [1.82, 2.24) is 10.6 Å². The summed E-state index contributed by atoms with van der Waals surface area (Å²) < 4.78 is 0. The van der Waals surface area contributed by atoms with Crippen molar-refractivity contribution in [3.8, 4) is 0 Å². The van der Waals surface area contributed by atoms with E-state index in [9.17, 15) is 4.79 Å². The van der Waals surface area contributed by atoms with Gasteiger partial charge in [-0.2, -0.15) is 0 Å². The molecule has 3 fully saturated rings. The van der Waals surface area contributed by atoms with Crippen LogP contribution in [-0.2, 0) is 4.79 Å². The van der Waals surface area contributed by atoms with Gasteiger partial charge in [-0.25, -0.2) is 4.99 Å². The summed E-state index contributed by atoms with van der Waals surface area (Å²) in [5.74, 6) is 1.04. The third-order valence-corrected chi connectivity index (χ3v) is 4.95. The first-order valence-electron chi connectivity index (χ1n) is 8.00. The van der Waals surface area contributed by atoms with Gasteiger partial charge in [-0.3, -0.25) is 10.1 Å². The Morgan fingerprint density at radius 1 is 1.10 bits per heavy atom. The molecular weight excluding hydrogens is 262 g/mol. The molecule has 2 unspecified atom stereocenters. The fraction of sp³-hybridized carbons (Fsp3) is 0.529. The predicted molar refractivity (Wildman–Crippen MR) is 82.1 cm³/mol. The van der Waals surface area contributed by atoms with Gasteiger partial charge in [-0.05, 0) is 31.2 Å². The van der Waals surface area contributed by atoms with Gasteiger partial charge < -0.3 is 5.32 Å². The second-order valence-corrected chi connectivity index (χ2v) is 6.47. The molecule has 4 rings (SSSR count). The lowest BCUT2D eigenvalue weighted by atomic mass is 9.69. The van der Waals surface area contributed by atoms with Gasteiger partial charge in [-0.15, -0.1) is 0 Å². The Morgan fingerprint density at radius 3 is 2.67 bits per heavy atom. The molecule has 1 saturated heterocycles. The number of hydrogen-bond donors (Lipinski definition) is 2. The molecule has 2 aliphatic carbocycles. The summed E-state index contributed by atoms with van der Waals surface area (Å²) in [7, 11) is 0. The van der Waals surface area contributed by atoms with Crippen LogP contribution in [0.1, 0.15) is 50.0 Å². The van der Waals surface area contributed by atoms with Crippen molar-refractivity contribution in [2.45, 2.75) is 56.0 Å². The summed E-state index contributed by atoms with van der Waals surface area (Å²) >= 11 is 0. The maximum absolute atomic E-state index is 12.7. The molecule has 4 heteroatoms. The Balaban J connectivity index is 1.68. The SMILES string of the molecule is O=C1NC(=NC2CC2)NC12CCCCC2c1ccccc1. The molecule has 4 nitrogen and oxygen atoms in total. The quantitative estimate of drug-likeness (QED) is 0.875. The van der Waals surface area contributed by atoms with Gasteiger partial charge in [0.15, 0.2) is 5.96 Å². The van der Waals surface area contributed by atoms with Gasteiger partial charge in [0.05, 0.1) is 6.04 Å². The maximum Gasteiger partial charge on any atom is 0.253 e. The van der Waals surface area contributed by atoms with Crippen molar-refractivity contribution in [3.63, 3.8) is 0 Å². The third-order valence-electron chi connectivity index (χ3n) is 4.95. The smallest absolute Gasteiger partial charge is 0.253 e. The fourth-order valence-corrected chi connectivity index (χ4v) is 3.70. The summed E-state index contributed by atoms with van der Waals surface area (Å²) in [6, 6.07) is 10.8. The number of aliphatic imine (C=N–C) groups is 1. The summed E-state index contributed by atoms with van der Waals surface area (Å²) in [6.07, 6.45) is 6.53. The van der Waals surface area contributed by atoms with Crippen molar-refractivity contribution in [2.75, 3.05) is 0 Å². The Morgan fingerprint density at radius 2 is 1.90 bits per heavy atom. The van der Waals surface area contributed by atoms with Crippen LogP contribution in [0.2, 0.25) is 0 Å². The average Bonchev–Trinajstić information content (AvgIpc) is 3.27. The Kier molecular flexibility index (Phi) is 2.98. The second kappa shape index (κ2) is 4.86. The zero-order valence-electron chi connectivity index (χ0n) is 12.1. The van der Waals surface area contributed by atoms with Gasteiger partial charge >= 0.3 is 0 Å². The third kappa shape index (κ3) is 2.23. The van der Waals surface area contributed by atoms with Crippen LogP contribution in [0, 0.1) is 0 Å². The number of carbonyl (C=O) groups is 1. The lowest BCUT2D eigenvalue weighted by Gasteiger charge is -2.39. The number of guanidine groups is 1. The van der Waals surface area contributed by atoms with E-state index in [2.05, 4.69) is 39.9 Å². The Bertz CT molecular complexity index is 579. The first-order chi connectivity index (χ1) is 10.3. The molecular formula is C17H21N3O. The number of nitrogens with zero attached hydrogens (tertiary/aromatic N) is 1. The molecule has 0 aromatic heterocycles. The molecule has 2 atom stereocenters. The first kappa shape index (κ1) is 12.9. The molecule has 1 aliphatic heterocycles. The minimum absolute atomic E-state index is 0.107. The van der Waals surface area contributed by atoms with Crippen LogP contribution in [0.25, 0.3) is 0 Å². The topological polar surface area (TPSA) is 53.5 Å². The maximum atomic E-state index is 12.7. The van der Waals surface area contributed by atoms with Crippen LogP contribution in [-0.4, -0.2) is 23.4 Å². The fourth-order valence-electron chi connectivity index (χ4n) is 3.70. The summed E-state index contributed by atoms with van der Waals surface area (Å²) in [4.78, 5) is 17.3. The Hall–Kier alpha value is -1.84. The van der Waals surface area contributed by atoms with Crippen molar-refractivity contribution >= 4 is 11.9 Å². The van der Waals surface area contributed by atoms with Crippen LogP contribution in [0.15, 0.2) is 35.3 Å². The lowest BCUT2D eigenvalue weighted by Crippen LogP contribution is -2.53. The minimum atomic E-state index is -0.493. The zero-order chi connectivity index (χ0) is 14.3. The number of carbonyl (C=O) groups excluding carboxylic acids is 1. The molecule has 1 aromatic carbocycles. The molecule has 1 amide bonds. The van der Waals surface area contributed by atoms with Crippen LogP contribution in [0.4, 0.5) is 0 Å². The van der Waals surface area contributed by atoms with E-state index in [-0.39, 0.29) is 11.8 Å². The highest BCUT2D eigenvalue weighted by Crippen LogP contribution is 2.42. The number of nitrogens with one attached hydrogen (secondary N) is 2. The van der Waals surface area contributed by atoms with E-state index < -0.39 is 5.54 Å². The number of amides is 1. The van der Waals surface area contributed by atoms with E-state index in [1.807, 2.05) is 6.07 Å². The molecule has 1 spiro atoms. The van der Waals surface area contributed by atoms with E-state index in [0.29, 0.717) is 12.0 Å². The normalized spacial score (nSPS) is 34.0. The van der Waals surface area contributed by atoms with Gasteiger partial charge in [0, 0.05) is 5.92 Å². The Labute approximate surface area is 125 Å². The van der Waals surface area contributed by atoms with E-state index in [1.54, 1.807) is 0 Å². The second-order valence-electron chi connectivity index (χ2n) is 6.47. The minimum Gasteiger partial charge on any atom is -0.341 e. The largest absolute Gasteiger partial charge is 0.341 e. The van der Waals surface area contributed by atoms with Crippen LogP contribution in [0.5, 0.6) is 0 Å². The van der Waals surface area contributed by atoms with Crippen molar-refractivity contribution in [3.05, 3.63) is 35.9 Å². The molecule has 1 heterocycles. The molecule has 1 aromatic rings. The molecule has 110 valence electrons. The average molecular weight is 283 g/mol. The molecule has 0 radical (unpaired) electrons. The van der Waals surface area contributed by atoms with Crippen LogP contribution in [0.3, 0.4) is 0 Å². The van der Waals surface area contributed by atoms with Crippen molar-refractivity contribution in [2.24, 2.45) is 4.99 Å². The standard InChI is InChI=1S/C17H21N3O/c21-15-17(20-16(19-15)18-13-9-10-13)11-5-4-8-14(17)12-6-2-1-3-7-12/h1-3,6-7,13-14H,4-5,8-11H2,(H2,18,19,20,21). The number of rotatable bonds is 2. The number of benzene rings is 1. The summed E-state index contributed by atoms with van der Waals surface area (Å²) in [6.45, 7) is 0. The zero-order valence-corrected chi connectivity index (χ0v) is 12.1. The van der Waals surface area contributed by atoms with E-state index in [1.165, 1.54) is 12.0 Å². The van der Waals surface area contributed by atoms with E-state index in [0.717, 1.165) is 32.1 Å². The molecule has 3 aliphatic rings. The van der Waals surface area contributed by atoms with Crippen LogP contribution < -0.4 is 10.6 Å². The molecule has 21 heavy (non-hydrogen) atoms.